The highest BCUT2D eigenvalue weighted by Gasteiger charge is 2.24. The standard InChI is InChI=1S/C12H16BrClN2O2S/c1-19(17,18)16-6-4-15(5-7-16)12-3-2-11(13)8-10(12)9-14/h2-3,8H,4-7,9H2,1H3. The fourth-order valence-electron chi connectivity index (χ4n) is 2.23. The largest absolute Gasteiger partial charge is 0.369 e. The second kappa shape index (κ2) is 5.99. The molecule has 0 unspecified atom stereocenters. The zero-order chi connectivity index (χ0) is 14.0. The summed E-state index contributed by atoms with van der Waals surface area (Å²) in [6, 6.07) is 6.01. The SMILES string of the molecule is CS(=O)(=O)N1CCN(c2ccc(Br)cc2CCl)CC1. The van der Waals surface area contributed by atoms with Gasteiger partial charge in [-0.05, 0) is 23.8 Å². The smallest absolute Gasteiger partial charge is 0.211 e. The van der Waals surface area contributed by atoms with E-state index in [9.17, 15) is 8.42 Å². The van der Waals surface area contributed by atoms with E-state index in [0.29, 0.717) is 32.1 Å². The van der Waals surface area contributed by atoms with Crippen molar-refractivity contribution in [3.63, 3.8) is 0 Å². The number of nitrogens with zero attached hydrogens (tertiary/aromatic N) is 2. The Labute approximate surface area is 127 Å². The predicted octanol–water partition coefficient (Wildman–Crippen LogP) is 2.27. The van der Waals surface area contributed by atoms with Crippen molar-refractivity contribution in [1.29, 1.82) is 0 Å². The summed E-state index contributed by atoms with van der Waals surface area (Å²) in [4.78, 5) is 2.19. The minimum Gasteiger partial charge on any atom is -0.369 e. The molecular formula is C12H16BrClN2O2S. The lowest BCUT2D eigenvalue weighted by molar-refractivity contribution is 0.388. The van der Waals surface area contributed by atoms with Crippen LogP contribution in [0.1, 0.15) is 5.56 Å². The number of piperazine rings is 1. The Hall–Kier alpha value is -0.300. The monoisotopic (exact) mass is 366 g/mol. The van der Waals surface area contributed by atoms with Gasteiger partial charge < -0.3 is 4.90 Å². The molecule has 0 aromatic heterocycles. The van der Waals surface area contributed by atoms with Crippen LogP contribution in [-0.4, -0.2) is 45.2 Å². The Balaban J connectivity index is 2.14. The molecule has 0 N–H and O–H groups in total. The van der Waals surface area contributed by atoms with Crippen LogP contribution in [0.25, 0.3) is 0 Å². The molecular weight excluding hydrogens is 352 g/mol. The van der Waals surface area contributed by atoms with Gasteiger partial charge in [-0.2, -0.15) is 4.31 Å². The molecule has 0 bridgehead atoms. The van der Waals surface area contributed by atoms with Gasteiger partial charge in [0.1, 0.15) is 0 Å². The highest BCUT2D eigenvalue weighted by molar-refractivity contribution is 9.10. The number of hydrogen-bond donors (Lipinski definition) is 0. The fraction of sp³-hybridized carbons (Fsp3) is 0.500. The Morgan fingerprint density at radius 1 is 1.26 bits per heavy atom. The van der Waals surface area contributed by atoms with E-state index in [1.165, 1.54) is 10.6 Å². The van der Waals surface area contributed by atoms with Gasteiger partial charge in [0.15, 0.2) is 0 Å². The minimum absolute atomic E-state index is 0.446. The van der Waals surface area contributed by atoms with Gasteiger partial charge in [0, 0.05) is 42.2 Å². The van der Waals surface area contributed by atoms with Crippen LogP contribution in [0, 0.1) is 0 Å². The maximum absolute atomic E-state index is 11.5. The molecule has 7 heteroatoms. The summed E-state index contributed by atoms with van der Waals surface area (Å²) in [5, 5.41) is 0. The molecule has 4 nitrogen and oxygen atoms in total. The van der Waals surface area contributed by atoms with Crippen molar-refractivity contribution in [1.82, 2.24) is 4.31 Å². The lowest BCUT2D eigenvalue weighted by Gasteiger charge is -2.35. The van der Waals surface area contributed by atoms with Crippen LogP contribution in [-0.2, 0) is 15.9 Å². The quantitative estimate of drug-likeness (QED) is 0.770. The predicted molar refractivity (Wildman–Crippen MR) is 82.3 cm³/mol. The third-order valence-electron chi connectivity index (χ3n) is 3.23. The first-order valence-corrected chi connectivity index (χ1v) is 9.14. The molecule has 1 aromatic carbocycles. The molecule has 0 aliphatic carbocycles. The molecule has 1 aliphatic rings. The number of rotatable bonds is 3. The van der Waals surface area contributed by atoms with Crippen LogP contribution in [0.3, 0.4) is 0 Å². The lowest BCUT2D eigenvalue weighted by atomic mass is 10.1. The molecule has 0 atom stereocenters. The molecule has 1 heterocycles. The van der Waals surface area contributed by atoms with Gasteiger partial charge >= 0.3 is 0 Å². The number of alkyl halides is 1. The minimum atomic E-state index is -3.08. The first-order chi connectivity index (χ1) is 8.91. The maximum Gasteiger partial charge on any atom is 0.211 e. The summed E-state index contributed by atoms with van der Waals surface area (Å²) in [5.74, 6) is 0.446. The average molecular weight is 368 g/mol. The molecule has 1 fully saturated rings. The van der Waals surface area contributed by atoms with Gasteiger partial charge in [-0.25, -0.2) is 8.42 Å². The first-order valence-electron chi connectivity index (χ1n) is 5.96. The molecule has 0 spiro atoms. The van der Waals surface area contributed by atoms with Crippen molar-refractivity contribution in [2.75, 3.05) is 37.3 Å². The number of halogens is 2. The first kappa shape index (κ1) is 15.1. The summed E-state index contributed by atoms with van der Waals surface area (Å²) in [7, 11) is -3.08. The molecule has 0 amide bonds. The van der Waals surface area contributed by atoms with Crippen molar-refractivity contribution < 1.29 is 8.42 Å². The fourth-order valence-corrected chi connectivity index (χ4v) is 3.68. The maximum atomic E-state index is 11.5. The molecule has 0 radical (unpaired) electrons. The number of benzene rings is 1. The molecule has 2 rings (SSSR count). The van der Waals surface area contributed by atoms with Crippen LogP contribution in [0.5, 0.6) is 0 Å². The second-order valence-corrected chi connectivity index (χ2v) is 7.72. The van der Waals surface area contributed by atoms with Gasteiger partial charge in [-0.3, -0.25) is 0 Å². The normalized spacial score (nSPS) is 17.7. The molecule has 1 aromatic rings. The van der Waals surface area contributed by atoms with E-state index < -0.39 is 10.0 Å². The van der Waals surface area contributed by atoms with Crippen LogP contribution in [0.2, 0.25) is 0 Å². The van der Waals surface area contributed by atoms with E-state index in [-0.39, 0.29) is 0 Å². The van der Waals surface area contributed by atoms with Crippen LogP contribution in [0.4, 0.5) is 5.69 Å². The summed E-state index contributed by atoms with van der Waals surface area (Å²) in [5.41, 5.74) is 2.15. The molecule has 1 saturated heterocycles. The van der Waals surface area contributed by atoms with E-state index in [4.69, 9.17) is 11.6 Å². The zero-order valence-electron chi connectivity index (χ0n) is 10.6. The van der Waals surface area contributed by atoms with Gasteiger partial charge in [-0.1, -0.05) is 15.9 Å². The number of sulfonamides is 1. The van der Waals surface area contributed by atoms with Gasteiger partial charge in [0.05, 0.1) is 6.26 Å². The molecule has 0 saturated carbocycles. The molecule has 19 heavy (non-hydrogen) atoms. The Morgan fingerprint density at radius 3 is 2.42 bits per heavy atom. The third-order valence-corrected chi connectivity index (χ3v) is 5.32. The van der Waals surface area contributed by atoms with Crippen molar-refractivity contribution in [3.8, 4) is 0 Å². The zero-order valence-corrected chi connectivity index (χ0v) is 13.8. The highest BCUT2D eigenvalue weighted by Crippen LogP contribution is 2.27. The Kier molecular flexibility index (Phi) is 4.76. The van der Waals surface area contributed by atoms with E-state index >= 15 is 0 Å². The topological polar surface area (TPSA) is 40.6 Å². The second-order valence-electron chi connectivity index (χ2n) is 4.56. The van der Waals surface area contributed by atoms with Gasteiger partial charge in [0.25, 0.3) is 0 Å². The van der Waals surface area contributed by atoms with Crippen molar-refractivity contribution in [2.45, 2.75) is 5.88 Å². The van der Waals surface area contributed by atoms with Crippen LogP contribution >= 0.6 is 27.5 Å². The number of hydrogen-bond acceptors (Lipinski definition) is 3. The molecule has 106 valence electrons. The summed E-state index contributed by atoms with van der Waals surface area (Å²) >= 11 is 9.40. The van der Waals surface area contributed by atoms with Crippen LogP contribution in [0.15, 0.2) is 22.7 Å². The summed E-state index contributed by atoms with van der Waals surface area (Å²) in [6.07, 6.45) is 1.26. The van der Waals surface area contributed by atoms with Crippen molar-refractivity contribution >= 4 is 43.2 Å². The number of anilines is 1. The van der Waals surface area contributed by atoms with Gasteiger partial charge in [-0.15, -0.1) is 11.6 Å². The Bertz CT molecular complexity index is 557. The highest BCUT2D eigenvalue weighted by atomic mass is 79.9. The van der Waals surface area contributed by atoms with E-state index in [1.54, 1.807) is 0 Å². The Morgan fingerprint density at radius 2 is 1.89 bits per heavy atom. The summed E-state index contributed by atoms with van der Waals surface area (Å²) in [6.45, 7) is 2.43. The van der Waals surface area contributed by atoms with E-state index in [2.05, 4.69) is 20.8 Å². The third kappa shape index (κ3) is 3.62. The van der Waals surface area contributed by atoms with Gasteiger partial charge in [0.2, 0.25) is 10.0 Å². The molecule has 1 aliphatic heterocycles. The van der Waals surface area contributed by atoms with E-state index in [1.807, 2.05) is 18.2 Å². The average Bonchev–Trinajstić information content (AvgIpc) is 2.37. The summed E-state index contributed by atoms with van der Waals surface area (Å²) < 4.78 is 25.5. The van der Waals surface area contributed by atoms with Crippen molar-refractivity contribution in [3.05, 3.63) is 28.2 Å². The van der Waals surface area contributed by atoms with E-state index in [0.717, 1.165) is 15.7 Å². The van der Waals surface area contributed by atoms with Crippen molar-refractivity contribution in [2.24, 2.45) is 0 Å². The van der Waals surface area contributed by atoms with Crippen LogP contribution < -0.4 is 4.90 Å². The lowest BCUT2D eigenvalue weighted by Crippen LogP contribution is -2.48.